The number of para-hydroxylation sites is 1. The lowest BCUT2D eigenvalue weighted by Crippen LogP contribution is -2.37. The van der Waals surface area contributed by atoms with E-state index in [0.717, 1.165) is 18.8 Å². The predicted molar refractivity (Wildman–Crippen MR) is 109 cm³/mol. The fourth-order valence-corrected chi connectivity index (χ4v) is 2.95. The molecule has 0 bridgehead atoms. The normalized spacial score (nSPS) is 13.9. The molecule has 150 valence electrons. The van der Waals surface area contributed by atoms with Gasteiger partial charge in [-0.15, -0.1) is 5.10 Å². The highest BCUT2D eigenvalue weighted by Crippen LogP contribution is 2.24. The lowest BCUT2D eigenvalue weighted by Gasteiger charge is -2.28. The summed E-state index contributed by atoms with van der Waals surface area (Å²) >= 11 is 0. The molecule has 1 aromatic carbocycles. The van der Waals surface area contributed by atoms with Crippen LogP contribution in [0.25, 0.3) is 5.69 Å². The number of ether oxygens (including phenoxy) is 1. The molecule has 1 amide bonds. The van der Waals surface area contributed by atoms with Crippen molar-refractivity contribution in [2.75, 3.05) is 55.5 Å². The van der Waals surface area contributed by atoms with Crippen molar-refractivity contribution in [3.05, 3.63) is 48.4 Å². The third kappa shape index (κ3) is 4.16. The molecule has 0 atom stereocenters. The highest BCUT2D eigenvalue weighted by Gasteiger charge is 2.19. The minimum Gasteiger partial charge on any atom is -0.378 e. The van der Waals surface area contributed by atoms with Crippen LogP contribution >= 0.6 is 0 Å². The van der Waals surface area contributed by atoms with E-state index in [9.17, 15) is 4.79 Å². The topological polar surface area (TPSA) is 101 Å². The van der Waals surface area contributed by atoms with E-state index in [1.54, 1.807) is 6.20 Å². The first-order valence-electron chi connectivity index (χ1n) is 9.28. The summed E-state index contributed by atoms with van der Waals surface area (Å²) in [5, 5.41) is 11.3. The molecular formula is C19H22N8O2. The van der Waals surface area contributed by atoms with Crippen molar-refractivity contribution >= 4 is 23.4 Å². The Morgan fingerprint density at radius 1 is 1.14 bits per heavy atom. The van der Waals surface area contributed by atoms with Crippen molar-refractivity contribution < 1.29 is 9.53 Å². The number of benzene rings is 1. The molecule has 1 N–H and O–H groups in total. The van der Waals surface area contributed by atoms with Crippen LogP contribution in [0.1, 0.15) is 10.5 Å². The molecule has 0 saturated carbocycles. The molecule has 10 heteroatoms. The van der Waals surface area contributed by atoms with Gasteiger partial charge in [-0.3, -0.25) is 4.79 Å². The Balaban J connectivity index is 1.54. The number of carbonyl (C=O) groups excluding carboxylic acids is 1. The van der Waals surface area contributed by atoms with Gasteiger partial charge in [-0.1, -0.05) is 18.2 Å². The van der Waals surface area contributed by atoms with E-state index < -0.39 is 0 Å². The summed E-state index contributed by atoms with van der Waals surface area (Å²) in [6.45, 7) is 2.77. The van der Waals surface area contributed by atoms with Crippen LogP contribution in [-0.2, 0) is 4.74 Å². The Labute approximate surface area is 168 Å². The summed E-state index contributed by atoms with van der Waals surface area (Å²) in [7, 11) is 3.74. The average molecular weight is 394 g/mol. The Morgan fingerprint density at radius 3 is 2.62 bits per heavy atom. The van der Waals surface area contributed by atoms with E-state index in [-0.39, 0.29) is 11.6 Å². The standard InChI is InChI=1S/C19H22N8O2/c1-25(2)17-15(12-20-19(23-17)26-8-10-29-11-9-26)22-18(28)16-13-21-27(24-16)14-6-4-3-5-7-14/h3-7,12-13H,8-11H2,1-2H3,(H,22,28). The molecule has 1 saturated heterocycles. The van der Waals surface area contributed by atoms with Crippen LogP contribution in [-0.4, -0.2) is 71.3 Å². The number of hydrogen-bond donors (Lipinski definition) is 1. The van der Waals surface area contributed by atoms with Gasteiger partial charge >= 0.3 is 0 Å². The molecule has 0 spiro atoms. The Morgan fingerprint density at radius 2 is 1.90 bits per heavy atom. The number of anilines is 3. The maximum absolute atomic E-state index is 12.7. The molecule has 1 aliphatic rings. The van der Waals surface area contributed by atoms with Crippen molar-refractivity contribution in [1.82, 2.24) is 25.0 Å². The monoisotopic (exact) mass is 394 g/mol. The molecule has 0 aliphatic carbocycles. The van der Waals surface area contributed by atoms with Crippen molar-refractivity contribution in [3.8, 4) is 5.69 Å². The van der Waals surface area contributed by atoms with Crippen molar-refractivity contribution in [1.29, 1.82) is 0 Å². The number of nitrogens with one attached hydrogen (secondary N) is 1. The highest BCUT2D eigenvalue weighted by atomic mass is 16.5. The van der Waals surface area contributed by atoms with Crippen LogP contribution in [0.2, 0.25) is 0 Å². The number of aromatic nitrogens is 5. The molecule has 0 unspecified atom stereocenters. The molecule has 3 heterocycles. The fraction of sp³-hybridized carbons (Fsp3) is 0.316. The number of hydrogen-bond acceptors (Lipinski definition) is 8. The van der Waals surface area contributed by atoms with Gasteiger partial charge in [0.05, 0.1) is 31.3 Å². The molecule has 10 nitrogen and oxygen atoms in total. The maximum Gasteiger partial charge on any atom is 0.278 e. The first-order valence-corrected chi connectivity index (χ1v) is 9.28. The minimum absolute atomic E-state index is 0.204. The summed E-state index contributed by atoms with van der Waals surface area (Å²) in [4.78, 5) is 27.1. The van der Waals surface area contributed by atoms with Gasteiger partial charge in [-0.05, 0) is 12.1 Å². The van der Waals surface area contributed by atoms with Crippen LogP contribution < -0.4 is 15.1 Å². The third-order valence-corrected chi connectivity index (χ3v) is 4.43. The number of amides is 1. The van der Waals surface area contributed by atoms with Gasteiger partial charge in [-0.2, -0.15) is 14.9 Å². The van der Waals surface area contributed by atoms with Crippen molar-refractivity contribution in [2.24, 2.45) is 0 Å². The van der Waals surface area contributed by atoms with Gasteiger partial charge in [0, 0.05) is 27.2 Å². The lowest BCUT2D eigenvalue weighted by molar-refractivity contribution is 0.102. The Bertz CT molecular complexity index is 983. The first kappa shape index (κ1) is 18.8. The van der Waals surface area contributed by atoms with Crippen LogP contribution in [0.5, 0.6) is 0 Å². The second-order valence-corrected chi connectivity index (χ2v) is 6.71. The van der Waals surface area contributed by atoms with Gasteiger partial charge in [0.1, 0.15) is 5.69 Å². The summed E-state index contributed by atoms with van der Waals surface area (Å²) in [5.41, 5.74) is 1.49. The van der Waals surface area contributed by atoms with E-state index in [2.05, 4.69) is 30.4 Å². The van der Waals surface area contributed by atoms with Crippen LogP contribution in [0.3, 0.4) is 0 Å². The molecule has 29 heavy (non-hydrogen) atoms. The molecule has 2 aromatic heterocycles. The van der Waals surface area contributed by atoms with Gasteiger partial charge in [0.25, 0.3) is 5.91 Å². The fourth-order valence-electron chi connectivity index (χ4n) is 2.95. The Hall–Kier alpha value is -3.53. The van der Waals surface area contributed by atoms with E-state index in [0.29, 0.717) is 30.7 Å². The zero-order valence-electron chi connectivity index (χ0n) is 16.3. The van der Waals surface area contributed by atoms with E-state index in [1.807, 2.05) is 49.3 Å². The zero-order chi connectivity index (χ0) is 20.2. The van der Waals surface area contributed by atoms with Gasteiger partial charge in [0.15, 0.2) is 11.5 Å². The number of morpholine rings is 1. The number of nitrogens with zero attached hydrogens (tertiary/aromatic N) is 7. The average Bonchev–Trinajstić information content (AvgIpc) is 3.26. The zero-order valence-corrected chi connectivity index (χ0v) is 16.3. The Kier molecular flexibility index (Phi) is 5.34. The SMILES string of the molecule is CN(C)c1nc(N2CCOCC2)ncc1NC(=O)c1cnn(-c2ccccc2)n1. The van der Waals surface area contributed by atoms with Crippen LogP contribution in [0, 0.1) is 0 Å². The second-order valence-electron chi connectivity index (χ2n) is 6.71. The van der Waals surface area contributed by atoms with Crippen LogP contribution in [0.15, 0.2) is 42.7 Å². The minimum atomic E-state index is -0.377. The molecule has 1 aliphatic heterocycles. The van der Waals surface area contributed by atoms with Crippen LogP contribution in [0.4, 0.5) is 17.5 Å². The molecular weight excluding hydrogens is 372 g/mol. The summed E-state index contributed by atoms with van der Waals surface area (Å²) < 4.78 is 5.38. The van der Waals surface area contributed by atoms with Crippen molar-refractivity contribution in [2.45, 2.75) is 0 Å². The summed E-state index contributed by atoms with van der Waals surface area (Å²) in [5.74, 6) is 0.855. The van der Waals surface area contributed by atoms with Crippen molar-refractivity contribution in [3.63, 3.8) is 0 Å². The largest absolute Gasteiger partial charge is 0.378 e. The third-order valence-electron chi connectivity index (χ3n) is 4.43. The smallest absolute Gasteiger partial charge is 0.278 e. The summed E-state index contributed by atoms with van der Waals surface area (Å²) in [6.07, 6.45) is 3.05. The van der Waals surface area contributed by atoms with E-state index >= 15 is 0 Å². The molecule has 1 fully saturated rings. The van der Waals surface area contributed by atoms with Gasteiger partial charge in [-0.25, -0.2) is 4.98 Å². The molecule has 3 aromatic rings. The predicted octanol–water partition coefficient (Wildman–Crippen LogP) is 1.21. The van der Waals surface area contributed by atoms with E-state index in [1.165, 1.54) is 11.0 Å². The van der Waals surface area contributed by atoms with Gasteiger partial charge < -0.3 is 19.9 Å². The first-order chi connectivity index (χ1) is 14.1. The maximum atomic E-state index is 12.7. The highest BCUT2D eigenvalue weighted by molar-refractivity contribution is 6.04. The van der Waals surface area contributed by atoms with Gasteiger partial charge in [0.2, 0.25) is 5.95 Å². The molecule has 0 radical (unpaired) electrons. The quantitative estimate of drug-likeness (QED) is 0.689. The summed E-state index contributed by atoms with van der Waals surface area (Å²) in [6, 6.07) is 9.41. The van der Waals surface area contributed by atoms with E-state index in [4.69, 9.17) is 4.74 Å². The number of rotatable bonds is 5. The number of carbonyl (C=O) groups is 1. The lowest BCUT2D eigenvalue weighted by atomic mass is 10.3. The molecule has 4 rings (SSSR count). The second kappa shape index (κ2) is 8.23.